The predicted octanol–water partition coefficient (Wildman–Crippen LogP) is 3.41. The topological polar surface area (TPSA) is 95.9 Å². The van der Waals surface area contributed by atoms with Crippen molar-refractivity contribution in [1.29, 1.82) is 0 Å². The van der Waals surface area contributed by atoms with E-state index in [9.17, 15) is 0 Å². The standard InChI is InChI=1S/C19H23NO.C2H2O4/c1-2-21-17-12-10-15(11-13-17)14-20-19-9-5-7-16-6-3-4-8-18(16)19;3-1(4)2(5)6/h3-4,6,8,10-13,19-20H,2,5,7,9,14H2,1H3;(H,3,4)(H,5,6). The molecule has 0 amide bonds. The van der Waals surface area contributed by atoms with Gasteiger partial charge in [0.25, 0.3) is 0 Å². The molecule has 0 aliphatic heterocycles. The zero-order valence-electron chi connectivity index (χ0n) is 15.4. The molecular formula is C21H25NO5. The summed E-state index contributed by atoms with van der Waals surface area (Å²) in [5.74, 6) is -2.70. The summed E-state index contributed by atoms with van der Waals surface area (Å²) < 4.78 is 5.48. The molecule has 0 aromatic heterocycles. The number of ether oxygens (including phenoxy) is 1. The second-order valence-corrected chi connectivity index (χ2v) is 6.21. The van der Waals surface area contributed by atoms with E-state index in [2.05, 4.69) is 53.8 Å². The van der Waals surface area contributed by atoms with Crippen molar-refractivity contribution in [2.24, 2.45) is 0 Å². The molecule has 0 saturated heterocycles. The van der Waals surface area contributed by atoms with Gasteiger partial charge in [0.2, 0.25) is 0 Å². The molecule has 0 radical (unpaired) electrons. The van der Waals surface area contributed by atoms with Crippen LogP contribution >= 0.6 is 0 Å². The fourth-order valence-corrected chi connectivity index (χ4v) is 3.08. The molecule has 0 heterocycles. The van der Waals surface area contributed by atoms with Crippen molar-refractivity contribution in [3.05, 3.63) is 65.2 Å². The van der Waals surface area contributed by atoms with Gasteiger partial charge in [0.1, 0.15) is 5.75 Å². The van der Waals surface area contributed by atoms with Gasteiger partial charge in [-0.3, -0.25) is 0 Å². The Labute approximate surface area is 158 Å². The van der Waals surface area contributed by atoms with Crippen LogP contribution in [0.25, 0.3) is 0 Å². The maximum absolute atomic E-state index is 9.10. The molecule has 0 bridgehead atoms. The summed E-state index contributed by atoms with van der Waals surface area (Å²) >= 11 is 0. The summed E-state index contributed by atoms with van der Waals surface area (Å²) in [6.45, 7) is 3.64. The first kappa shape index (κ1) is 20.5. The summed E-state index contributed by atoms with van der Waals surface area (Å²) in [7, 11) is 0. The third-order valence-corrected chi connectivity index (χ3v) is 4.34. The van der Waals surface area contributed by atoms with Gasteiger partial charge in [-0.15, -0.1) is 0 Å². The average molecular weight is 371 g/mol. The Hall–Kier alpha value is -2.86. The molecule has 1 aliphatic carbocycles. The van der Waals surface area contributed by atoms with Gasteiger partial charge in [0.15, 0.2) is 0 Å². The van der Waals surface area contributed by atoms with E-state index < -0.39 is 11.9 Å². The fraction of sp³-hybridized carbons (Fsp3) is 0.333. The van der Waals surface area contributed by atoms with E-state index in [1.165, 1.54) is 36.0 Å². The highest BCUT2D eigenvalue weighted by Crippen LogP contribution is 2.29. The number of hydrogen-bond donors (Lipinski definition) is 3. The Morgan fingerprint density at radius 3 is 2.37 bits per heavy atom. The van der Waals surface area contributed by atoms with Crippen molar-refractivity contribution in [3.8, 4) is 5.75 Å². The lowest BCUT2D eigenvalue weighted by Crippen LogP contribution is -2.24. The van der Waals surface area contributed by atoms with Gasteiger partial charge in [0, 0.05) is 12.6 Å². The highest BCUT2D eigenvalue weighted by molar-refractivity contribution is 6.27. The van der Waals surface area contributed by atoms with Crippen molar-refractivity contribution < 1.29 is 24.5 Å². The maximum atomic E-state index is 9.10. The molecule has 0 fully saturated rings. The largest absolute Gasteiger partial charge is 0.494 e. The summed E-state index contributed by atoms with van der Waals surface area (Å²) in [6, 6.07) is 17.7. The van der Waals surface area contributed by atoms with Gasteiger partial charge in [-0.25, -0.2) is 9.59 Å². The number of rotatable bonds is 5. The first-order chi connectivity index (χ1) is 13.0. The number of aliphatic carboxylic acids is 2. The van der Waals surface area contributed by atoms with E-state index in [1.807, 2.05) is 6.92 Å². The third kappa shape index (κ3) is 6.42. The van der Waals surface area contributed by atoms with Crippen LogP contribution in [0.2, 0.25) is 0 Å². The number of carboxylic acid groups (broad SMARTS) is 2. The number of carboxylic acids is 2. The summed E-state index contributed by atoms with van der Waals surface area (Å²) in [4.78, 5) is 18.2. The molecule has 144 valence electrons. The number of carbonyl (C=O) groups is 2. The second kappa shape index (κ2) is 10.3. The van der Waals surface area contributed by atoms with E-state index in [0.29, 0.717) is 6.04 Å². The predicted molar refractivity (Wildman–Crippen MR) is 102 cm³/mol. The molecule has 2 aromatic rings. The van der Waals surface area contributed by atoms with Crippen LogP contribution in [0.5, 0.6) is 5.75 Å². The van der Waals surface area contributed by atoms with Crippen LogP contribution < -0.4 is 10.1 Å². The number of hydrogen-bond acceptors (Lipinski definition) is 4. The lowest BCUT2D eigenvalue weighted by Gasteiger charge is -2.26. The highest BCUT2D eigenvalue weighted by atomic mass is 16.5. The Bertz CT molecular complexity index is 745. The van der Waals surface area contributed by atoms with E-state index in [1.54, 1.807) is 0 Å². The number of benzene rings is 2. The molecule has 6 heteroatoms. The Morgan fingerprint density at radius 2 is 1.74 bits per heavy atom. The summed E-state index contributed by atoms with van der Waals surface area (Å²) in [5, 5.41) is 18.5. The molecule has 1 unspecified atom stereocenters. The monoisotopic (exact) mass is 371 g/mol. The van der Waals surface area contributed by atoms with Crippen LogP contribution in [0.15, 0.2) is 48.5 Å². The number of fused-ring (bicyclic) bond motifs is 1. The maximum Gasteiger partial charge on any atom is 0.414 e. The van der Waals surface area contributed by atoms with E-state index in [4.69, 9.17) is 24.5 Å². The lowest BCUT2D eigenvalue weighted by molar-refractivity contribution is -0.159. The zero-order chi connectivity index (χ0) is 19.6. The molecule has 0 saturated carbocycles. The van der Waals surface area contributed by atoms with E-state index >= 15 is 0 Å². The Morgan fingerprint density at radius 1 is 1.07 bits per heavy atom. The van der Waals surface area contributed by atoms with Crippen molar-refractivity contribution >= 4 is 11.9 Å². The van der Waals surface area contributed by atoms with Crippen LogP contribution in [0.1, 0.15) is 42.5 Å². The van der Waals surface area contributed by atoms with Gasteiger partial charge >= 0.3 is 11.9 Å². The van der Waals surface area contributed by atoms with Crippen molar-refractivity contribution in [1.82, 2.24) is 5.32 Å². The quantitative estimate of drug-likeness (QED) is 0.697. The third-order valence-electron chi connectivity index (χ3n) is 4.34. The van der Waals surface area contributed by atoms with Crippen LogP contribution in [-0.4, -0.2) is 28.8 Å². The highest BCUT2D eigenvalue weighted by Gasteiger charge is 2.18. The normalized spacial score (nSPS) is 15.1. The minimum Gasteiger partial charge on any atom is -0.494 e. The molecule has 3 rings (SSSR count). The van der Waals surface area contributed by atoms with E-state index in [0.717, 1.165) is 18.9 Å². The van der Waals surface area contributed by atoms with Gasteiger partial charge in [-0.1, -0.05) is 36.4 Å². The molecule has 1 atom stereocenters. The Kier molecular flexibility index (Phi) is 7.82. The molecule has 3 N–H and O–H groups in total. The van der Waals surface area contributed by atoms with Crippen molar-refractivity contribution in [3.63, 3.8) is 0 Å². The molecule has 6 nitrogen and oxygen atoms in total. The van der Waals surface area contributed by atoms with Gasteiger partial charge in [0.05, 0.1) is 6.61 Å². The van der Waals surface area contributed by atoms with E-state index in [-0.39, 0.29) is 0 Å². The van der Waals surface area contributed by atoms with Crippen molar-refractivity contribution in [2.75, 3.05) is 6.61 Å². The molecule has 0 spiro atoms. The van der Waals surface area contributed by atoms with Gasteiger partial charge < -0.3 is 20.3 Å². The Balaban J connectivity index is 0.000000380. The van der Waals surface area contributed by atoms with Crippen LogP contribution in [0.4, 0.5) is 0 Å². The molecule has 1 aliphatic rings. The summed E-state index contributed by atoms with van der Waals surface area (Å²) in [5.41, 5.74) is 4.30. The zero-order valence-corrected chi connectivity index (χ0v) is 15.4. The minimum atomic E-state index is -1.82. The second-order valence-electron chi connectivity index (χ2n) is 6.21. The number of nitrogens with one attached hydrogen (secondary N) is 1. The SMILES string of the molecule is CCOc1ccc(CNC2CCCc3ccccc32)cc1.O=C(O)C(=O)O. The molecular weight excluding hydrogens is 346 g/mol. The average Bonchev–Trinajstić information content (AvgIpc) is 2.68. The van der Waals surface area contributed by atoms with Crippen LogP contribution in [0, 0.1) is 0 Å². The van der Waals surface area contributed by atoms with Gasteiger partial charge in [-0.2, -0.15) is 0 Å². The summed E-state index contributed by atoms with van der Waals surface area (Å²) in [6.07, 6.45) is 3.73. The smallest absolute Gasteiger partial charge is 0.414 e. The first-order valence-electron chi connectivity index (χ1n) is 9.00. The van der Waals surface area contributed by atoms with Gasteiger partial charge in [-0.05, 0) is 55.0 Å². The first-order valence-corrected chi connectivity index (χ1v) is 9.00. The fourth-order valence-electron chi connectivity index (χ4n) is 3.08. The molecule has 2 aromatic carbocycles. The van der Waals surface area contributed by atoms with Crippen LogP contribution in [0.3, 0.4) is 0 Å². The number of aryl methyl sites for hydroxylation is 1. The molecule has 27 heavy (non-hydrogen) atoms. The minimum absolute atomic E-state index is 0.488. The van der Waals surface area contributed by atoms with Crippen molar-refractivity contribution in [2.45, 2.75) is 38.8 Å². The lowest BCUT2D eigenvalue weighted by atomic mass is 9.87. The van der Waals surface area contributed by atoms with Crippen LogP contribution in [-0.2, 0) is 22.6 Å².